The van der Waals surface area contributed by atoms with Gasteiger partial charge in [0.1, 0.15) is 0 Å². The topological polar surface area (TPSA) is 79.2 Å². The first-order valence-corrected chi connectivity index (χ1v) is 3.57. The molecule has 0 radical (unpaired) electrons. The third-order valence-electron chi connectivity index (χ3n) is 1.17. The third kappa shape index (κ3) is 6.23. The fraction of sp³-hybridized carbons (Fsp3) is 0.600. The molecular weight excluding hydrogens is 162 g/mol. The zero-order chi connectivity index (χ0) is 9.23. The lowest BCUT2D eigenvalue weighted by atomic mass is 10.3. The van der Waals surface area contributed by atoms with Crippen LogP contribution in [0.2, 0.25) is 0 Å². The van der Waals surface area contributed by atoms with Crippen molar-refractivity contribution in [2.45, 2.75) is 6.42 Å². The minimum Gasteiger partial charge on any atom is -0.542 e. The van der Waals surface area contributed by atoms with Gasteiger partial charge in [0.15, 0.2) is 0 Å². The fourth-order valence-corrected chi connectivity index (χ4v) is 0.724. The molecule has 3 N–H and O–H groups in total. The molecule has 0 atom stereocenters. The second-order valence-electron chi connectivity index (χ2n) is 1.91. The highest BCUT2D eigenvalue weighted by molar-refractivity contribution is 6.16. The van der Waals surface area contributed by atoms with Gasteiger partial charge >= 0.3 is 15.4 Å². The Bertz CT molecular complexity index is 129. The Morgan fingerprint density at radius 2 is 2.08 bits per heavy atom. The van der Waals surface area contributed by atoms with Crippen LogP contribution in [0.4, 0.5) is 0 Å². The van der Waals surface area contributed by atoms with Gasteiger partial charge in [-0.05, 0) is 6.08 Å². The summed E-state index contributed by atoms with van der Waals surface area (Å²) < 4.78 is 9.83. The number of rotatable bonds is 2. The molecule has 0 spiro atoms. The summed E-state index contributed by atoms with van der Waals surface area (Å²) in [6.45, 7) is 1.31. The van der Waals surface area contributed by atoms with Crippen molar-refractivity contribution < 1.29 is 24.5 Å². The van der Waals surface area contributed by atoms with E-state index in [1.165, 1.54) is 0 Å². The van der Waals surface area contributed by atoms with E-state index in [1.54, 1.807) is 0 Å². The smallest absolute Gasteiger partial charge is 0.503 e. The van der Waals surface area contributed by atoms with Crippen LogP contribution in [0.3, 0.4) is 0 Å². The van der Waals surface area contributed by atoms with E-state index >= 15 is 0 Å². The second-order valence-corrected chi connectivity index (χ2v) is 1.91. The highest BCUT2D eigenvalue weighted by atomic mass is 16.5. The maximum Gasteiger partial charge on any atom is 0.503 e. The fourth-order valence-electron chi connectivity index (χ4n) is 0.724. The lowest BCUT2D eigenvalue weighted by molar-refractivity contribution is 0.137. The van der Waals surface area contributed by atoms with Crippen LogP contribution in [-0.2, 0) is 9.39 Å². The lowest BCUT2D eigenvalue weighted by Crippen LogP contribution is -2.08. The normalized spacial score (nSPS) is 15.1. The number of hydrogen-bond donors (Lipinski definition) is 3. The first-order chi connectivity index (χ1) is 5.85. The molecule has 0 aliphatic carbocycles. The van der Waals surface area contributed by atoms with Gasteiger partial charge in [0.2, 0.25) is 0 Å². The maximum atomic E-state index is 8.31. The van der Waals surface area contributed by atoms with Crippen molar-refractivity contribution in [3.05, 3.63) is 11.8 Å². The van der Waals surface area contributed by atoms with E-state index in [4.69, 9.17) is 24.5 Å². The van der Waals surface area contributed by atoms with Crippen molar-refractivity contribution in [3.8, 4) is 0 Å². The molecule has 0 aromatic heterocycles. The molecule has 7 heteroatoms. The second kappa shape index (κ2) is 8.61. The summed E-state index contributed by atoms with van der Waals surface area (Å²) in [7, 11) is -0.980. The number of ether oxygens (including phenoxy) is 1. The monoisotopic (exact) mass is 174 g/mol. The van der Waals surface area contributed by atoms with Gasteiger partial charge in [0, 0.05) is 6.42 Å². The molecule has 0 aromatic rings. The van der Waals surface area contributed by atoms with E-state index in [0.717, 1.165) is 12.2 Å². The first-order valence-electron chi connectivity index (χ1n) is 3.57. The van der Waals surface area contributed by atoms with Crippen molar-refractivity contribution in [1.82, 2.24) is 0 Å². The van der Waals surface area contributed by atoms with E-state index in [1.807, 2.05) is 6.08 Å². The molecule has 0 amide bonds. The van der Waals surface area contributed by atoms with Crippen molar-refractivity contribution in [1.29, 1.82) is 0 Å². The largest absolute Gasteiger partial charge is 0.542 e. The Hall–Kier alpha value is -0.490. The van der Waals surface area contributed by atoms with E-state index in [9.17, 15) is 0 Å². The Kier molecular flexibility index (Phi) is 8.25. The Morgan fingerprint density at radius 1 is 1.42 bits per heavy atom. The molecule has 0 unspecified atom stereocenters. The molecule has 0 bridgehead atoms. The summed E-state index contributed by atoms with van der Waals surface area (Å²) in [6, 6.07) is 0. The highest BCUT2D eigenvalue weighted by Gasteiger charge is 2.02. The predicted octanol–water partition coefficient (Wildman–Crippen LogP) is -2.20. The molecule has 12 heavy (non-hydrogen) atoms. The molecule has 0 fully saturated rings. The summed E-state index contributed by atoms with van der Waals surface area (Å²) in [5.41, 5.74) is 0. The predicted molar refractivity (Wildman–Crippen MR) is 45.6 cm³/mol. The van der Waals surface area contributed by atoms with E-state index < -0.39 is 7.69 Å². The van der Waals surface area contributed by atoms with E-state index in [2.05, 4.69) is 0 Å². The molecule has 1 rings (SSSR count). The van der Waals surface area contributed by atoms with Crippen LogP contribution in [-0.4, -0.2) is 43.7 Å². The van der Waals surface area contributed by atoms with Gasteiger partial charge in [0.05, 0.1) is 19.0 Å². The van der Waals surface area contributed by atoms with Gasteiger partial charge in [-0.2, -0.15) is 0 Å². The molecule has 5 nitrogen and oxygen atoms in total. The van der Waals surface area contributed by atoms with Crippen molar-refractivity contribution >= 4 is 15.4 Å². The first kappa shape index (κ1) is 11.5. The van der Waals surface area contributed by atoms with Gasteiger partial charge in [-0.25, -0.2) is 0 Å². The molecule has 1 aliphatic rings. The number of hydrogen-bond acceptors (Lipinski definition) is 5. The Balaban J connectivity index is 0.000000354. The summed E-state index contributed by atoms with van der Waals surface area (Å²) in [4.78, 5) is 0. The van der Waals surface area contributed by atoms with Crippen molar-refractivity contribution in [2.75, 3.05) is 13.2 Å². The molecule has 0 saturated carbocycles. The van der Waals surface area contributed by atoms with Crippen LogP contribution in [0.25, 0.3) is 0 Å². The quantitative estimate of drug-likeness (QED) is 0.414. The van der Waals surface area contributed by atoms with Crippen molar-refractivity contribution in [3.63, 3.8) is 0 Å². The van der Waals surface area contributed by atoms with E-state index in [-0.39, 0.29) is 7.69 Å². The zero-order valence-corrected chi connectivity index (χ0v) is 6.77. The molecule has 0 saturated heterocycles. The molecule has 0 aromatic carbocycles. The zero-order valence-electron chi connectivity index (χ0n) is 6.77. The van der Waals surface area contributed by atoms with Crippen LogP contribution in [0, 0.1) is 0 Å². The molecular formula is C5H12B2O5. The van der Waals surface area contributed by atoms with Crippen LogP contribution in [0.5, 0.6) is 0 Å². The standard InChI is InChI=1S/C5H9BO3.BH3O2/c7-6-9-5-1-3-8-4-2-5;2-1-3/h1,6-7H,2-4H2;1-3H. The van der Waals surface area contributed by atoms with Gasteiger partial charge in [-0.3, -0.25) is 0 Å². The highest BCUT2D eigenvalue weighted by Crippen LogP contribution is 2.06. The van der Waals surface area contributed by atoms with Crippen LogP contribution < -0.4 is 0 Å². The summed E-state index contributed by atoms with van der Waals surface area (Å²) >= 11 is 0. The summed E-state index contributed by atoms with van der Waals surface area (Å²) in [6.07, 6.45) is 2.61. The van der Waals surface area contributed by atoms with Gasteiger partial charge < -0.3 is 24.5 Å². The van der Waals surface area contributed by atoms with Crippen LogP contribution in [0.1, 0.15) is 6.42 Å². The minimum atomic E-state index is -0.750. The molecule has 68 valence electrons. The van der Waals surface area contributed by atoms with Gasteiger partial charge in [0.25, 0.3) is 0 Å². The van der Waals surface area contributed by atoms with E-state index in [0.29, 0.717) is 13.2 Å². The van der Waals surface area contributed by atoms with Gasteiger partial charge in [-0.15, -0.1) is 0 Å². The SMILES string of the molecule is OBO.OBOC1=CCOCC1. The molecule has 1 heterocycles. The van der Waals surface area contributed by atoms with Gasteiger partial charge in [-0.1, -0.05) is 0 Å². The lowest BCUT2D eigenvalue weighted by Gasteiger charge is -2.12. The Labute approximate surface area is 72.2 Å². The van der Waals surface area contributed by atoms with Crippen LogP contribution in [0.15, 0.2) is 11.8 Å². The van der Waals surface area contributed by atoms with Crippen molar-refractivity contribution in [2.24, 2.45) is 0 Å². The van der Waals surface area contributed by atoms with Crippen LogP contribution >= 0.6 is 0 Å². The summed E-state index contributed by atoms with van der Waals surface area (Å²) in [5.74, 6) is 0.837. The summed E-state index contributed by atoms with van der Waals surface area (Å²) in [5, 5.41) is 22.6. The third-order valence-corrected chi connectivity index (χ3v) is 1.17. The maximum absolute atomic E-state index is 8.31. The average Bonchev–Trinajstić information content (AvgIpc) is 2.08. The molecule has 1 aliphatic heterocycles. The Morgan fingerprint density at radius 3 is 2.50 bits per heavy atom. The minimum absolute atomic E-state index is 0.230. The average molecular weight is 174 g/mol.